The Kier molecular flexibility index (Phi) is 4.38. The fourth-order valence-electron chi connectivity index (χ4n) is 4.22. The van der Waals surface area contributed by atoms with Crippen LogP contribution >= 0.6 is 0 Å². The maximum absolute atomic E-state index is 13.4. The summed E-state index contributed by atoms with van der Waals surface area (Å²) in [6.07, 6.45) is 4.61. The lowest BCUT2D eigenvalue weighted by Gasteiger charge is -2.41. The molecule has 25 heavy (non-hydrogen) atoms. The zero-order chi connectivity index (χ0) is 17.4. The van der Waals surface area contributed by atoms with Gasteiger partial charge in [-0.25, -0.2) is 4.39 Å². The van der Waals surface area contributed by atoms with E-state index in [1.807, 2.05) is 18.2 Å². The van der Waals surface area contributed by atoms with Crippen LogP contribution in [-0.2, 0) is 4.74 Å². The number of hydrogen-bond acceptors (Lipinski definition) is 3. The van der Waals surface area contributed by atoms with Crippen molar-refractivity contribution in [2.45, 2.75) is 43.8 Å². The van der Waals surface area contributed by atoms with Crippen molar-refractivity contribution in [1.29, 1.82) is 0 Å². The van der Waals surface area contributed by atoms with E-state index in [1.54, 1.807) is 14.2 Å². The molecule has 0 unspecified atom stereocenters. The van der Waals surface area contributed by atoms with Crippen molar-refractivity contribution in [2.75, 3.05) is 14.2 Å². The molecule has 4 rings (SSSR count). The van der Waals surface area contributed by atoms with E-state index in [1.165, 1.54) is 30.5 Å². The lowest BCUT2D eigenvalue weighted by molar-refractivity contribution is -0.0391. The van der Waals surface area contributed by atoms with Crippen molar-refractivity contribution in [1.82, 2.24) is 0 Å². The molecule has 1 fully saturated rings. The highest BCUT2D eigenvalue weighted by molar-refractivity contribution is 5.52. The molecule has 1 aliphatic heterocycles. The largest absolute Gasteiger partial charge is 0.493 e. The van der Waals surface area contributed by atoms with Gasteiger partial charge in [0.1, 0.15) is 11.9 Å². The minimum absolute atomic E-state index is 0.199. The summed E-state index contributed by atoms with van der Waals surface area (Å²) in [5.41, 5.74) is 3.36. The second-order valence-corrected chi connectivity index (χ2v) is 6.83. The number of hydrogen-bond donors (Lipinski definition) is 0. The first kappa shape index (κ1) is 16.4. The van der Waals surface area contributed by atoms with Crippen molar-refractivity contribution in [2.24, 2.45) is 0 Å². The minimum atomic E-state index is -0.234. The Morgan fingerprint density at radius 2 is 1.56 bits per heavy atom. The van der Waals surface area contributed by atoms with Crippen LogP contribution in [0.5, 0.6) is 11.5 Å². The Bertz CT molecular complexity index is 756. The van der Waals surface area contributed by atoms with Crippen molar-refractivity contribution in [3.63, 3.8) is 0 Å². The Labute approximate surface area is 147 Å². The van der Waals surface area contributed by atoms with E-state index < -0.39 is 0 Å². The Morgan fingerprint density at radius 3 is 2.24 bits per heavy atom. The fourth-order valence-corrected chi connectivity index (χ4v) is 4.22. The van der Waals surface area contributed by atoms with E-state index in [4.69, 9.17) is 14.2 Å². The van der Waals surface area contributed by atoms with Crippen molar-refractivity contribution < 1.29 is 18.6 Å². The molecule has 1 aliphatic carbocycles. The normalized spacial score (nSPS) is 25.0. The van der Waals surface area contributed by atoms with Crippen LogP contribution in [0.1, 0.15) is 54.4 Å². The van der Waals surface area contributed by atoms with Gasteiger partial charge in [0, 0.05) is 5.92 Å². The second kappa shape index (κ2) is 6.68. The van der Waals surface area contributed by atoms with Crippen LogP contribution in [0.3, 0.4) is 0 Å². The molecule has 2 aromatic rings. The molecule has 0 saturated heterocycles. The van der Waals surface area contributed by atoms with Crippen molar-refractivity contribution in [3.8, 4) is 11.5 Å². The number of ether oxygens (including phenoxy) is 3. The van der Waals surface area contributed by atoms with Gasteiger partial charge in [-0.2, -0.15) is 0 Å². The third-order valence-corrected chi connectivity index (χ3v) is 5.46. The maximum Gasteiger partial charge on any atom is 0.161 e. The van der Waals surface area contributed by atoms with Crippen molar-refractivity contribution >= 4 is 0 Å². The summed E-state index contributed by atoms with van der Waals surface area (Å²) in [6, 6.07) is 10.7. The molecular formula is C21H23FO3. The molecule has 0 spiro atoms. The van der Waals surface area contributed by atoms with Gasteiger partial charge < -0.3 is 14.2 Å². The molecule has 3 atom stereocenters. The van der Waals surface area contributed by atoms with E-state index in [0.29, 0.717) is 11.7 Å². The van der Waals surface area contributed by atoms with Gasteiger partial charge in [0.2, 0.25) is 0 Å². The Hall–Kier alpha value is -2.07. The van der Waals surface area contributed by atoms with Crippen LogP contribution < -0.4 is 9.47 Å². The number of methoxy groups -OCH3 is 2. The Morgan fingerprint density at radius 1 is 0.920 bits per heavy atom. The van der Waals surface area contributed by atoms with E-state index >= 15 is 0 Å². The van der Waals surface area contributed by atoms with Gasteiger partial charge in [0.15, 0.2) is 11.5 Å². The van der Waals surface area contributed by atoms with Crippen LogP contribution in [0, 0.1) is 5.82 Å². The summed E-state index contributed by atoms with van der Waals surface area (Å²) in [5.74, 6) is 1.61. The maximum atomic E-state index is 13.4. The number of benzene rings is 2. The summed E-state index contributed by atoms with van der Waals surface area (Å²) >= 11 is 0. The number of halogens is 1. The lowest BCUT2D eigenvalue weighted by atomic mass is 9.76. The molecule has 0 amide bonds. The van der Waals surface area contributed by atoms with E-state index in [0.717, 1.165) is 29.7 Å². The summed E-state index contributed by atoms with van der Waals surface area (Å²) in [6.45, 7) is 0. The SMILES string of the molecule is COc1cc2c(cc1OC)[C@H]1CCCC[C@@H]1O[C@@H]2c1ccc(F)cc1. The average Bonchev–Trinajstić information content (AvgIpc) is 2.67. The molecule has 1 saturated carbocycles. The molecule has 2 aliphatic rings. The van der Waals surface area contributed by atoms with Crippen LogP contribution in [0.2, 0.25) is 0 Å². The van der Waals surface area contributed by atoms with Gasteiger partial charge >= 0.3 is 0 Å². The monoisotopic (exact) mass is 342 g/mol. The standard InChI is InChI=1S/C21H23FO3/c1-23-19-11-16-15-5-3-4-6-18(15)25-21(17(16)12-20(19)24-2)13-7-9-14(22)10-8-13/h7-12,15,18,21H,3-6H2,1-2H3/t15-,18+,21-/m1/s1. The quantitative estimate of drug-likeness (QED) is 0.786. The van der Waals surface area contributed by atoms with Crippen LogP contribution in [0.15, 0.2) is 36.4 Å². The summed E-state index contributed by atoms with van der Waals surface area (Å²) in [7, 11) is 3.31. The first-order chi connectivity index (χ1) is 12.2. The molecular weight excluding hydrogens is 319 g/mol. The molecule has 132 valence electrons. The zero-order valence-corrected chi connectivity index (χ0v) is 14.6. The van der Waals surface area contributed by atoms with Gasteiger partial charge in [-0.15, -0.1) is 0 Å². The Balaban J connectivity index is 1.85. The minimum Gasteiger partial charge on any atom is -0.493 e. The molecule has 0 radical (unpaired) electrons. The lowest BCUT2D eigenvalue weighted by Crippen LogP contribution is -2.33. The van der Waals surface area contributed by atoms with Gasteiger partial charge in [-0.1, -0.05) is 25.0 Å². The number of rotatable bonds is 3. The van der Waals surface area contributed by atoms with Gasteiger partial charge in [0.25, 0.3) is 0 Å². The summed E-state index contributed by atoms with van der Waals surface area (Å²) in [5, 5.41) is 0. The van der Waals surface area contributed by atoms with Gasteiger partial charge in [-0.3, -0.25) is 0 Å². The molecule has 4 heteroatoms. The fraction of sp³-hybridized carbons (Fsp3) is 0.429. The van der Waals surface area contributed by atoms with E-state index in [2.05, 4.69) is 6.07 Å². The molecule has 2 aromatic carbocycles. The number of fused-ring (bicyclic) bond motifs is 3. The van der Waals surface area contributed by atoms with E-state index in [-0.39, 0.29) is 18.0 Å². The molecule has 0 N–H and O–H groups in total. The average molecular weight is 342 g/mol. The highest BCUT2D eigenvalue weighted by atomic mass is 19.1. The molecule has 3 nitrogen and oxygen atoms in total. The highest BCUT2D eigenvalue weighted by Gasteiger charge is 2.38. The predicted octanol–water partition coefficient (Wildman–Crippen LogP) is 4.99. The third-order valence-electron chi connectivity index (χ3n) is 5.46. The topological polar surface area (TPSA) is 27.7 Å². The van der Waals surface area contributed by atoms with Crippen LogP contribution in [-0.4, -0.2) is 20.3 Å². The molecule has 0 bridgehead atoms. The summed E-state index contributed by atoms with van der Waals surface area (Å²) in [4.78, 5) is 0. The van der Waals surface area contributed by atoms with Crippen LogP contribution in [0.25, 0.3) is 0 Å². The predicted molar refractivity (Wildman–Crippen MR) is 93.9 cm³/mol. The van der Waals surface area contributed by atoms with E-state index in [9.17, 15) is 4.39 Å². The van der Waals surface area contributed by atoms with Gasteiger partial charge in [0.05, 0.1) is 20.3 Å². The van der Waals surface area contributed by atoms with Crippen LogP contribution in [0.4, 0.5) is 4.39 Å². The third kappa shape index (κ3) is 2.89. The first-order valence-corrected chi connectivity index (χ1v) is 8.88. The first-order valence-electron chi connectivity index (χ1n) is 8.88. The zero-order valence-electron chi connectivity index (χ0n) is 14.6. The smallest absolute Gasteiger partial charge is 0.161 e. The van der Waals surface area contributed by atoms with Crippen molar-refractivity contribution in [3.05, 3.63) is 58.9 Å². The van der Waals surface area contributed by atoms with Gasteiger partial charge in [-0.05, 0) is 53.8 Å². The highest BCUT2D eigenvalue weighted by Crippen LogP contribution is 2.49. The summed E-state index contributed by atoms with van der Waals surface area (Å²) < 4.78 is 30.9. The second-order valence-electron chi connectivity index (χ2n) is 6.83. The molecule has 1 heterocycles. The molecule has 0 aromatic heterocycles.